The number of nitro benzene ring substituents is 1. The number of carbonyl (C=O) groups is 3. The largest absolute Gasteiger partial charge is 0.383 e. The Bertz CT molecular complexity index is 804. The Labute approximate surface area is 168 Å². The number of non-ortho nitro benzene ring substituents is 1. The lowest BCUT2D eigenvalue weighted by Gasteiger charge is -2.35. The number of benzene rings is 1. The van der Waals surface area contributed by atoms with Crippen LogP contribution in [0.3, 0.4) is 0 Å². The lowest BCUT2D eigenvalue weighted by molar-refractivity contribution is -0.384. The van der Waals surface area contributed by atoms with Crippen molar-refractivity contribution < 1.29 is 19.3 Å². The maximum Gasteiger partial charge on any atom is 0.327 e. The standard InChI is InChI=1S/C19H25N5O5/c1-22-18(27)23(17(26)19(22)9-3-2-4-10-19)13-16(25)21-12-11-20-14-5-7-15(8-6-14)24(28)29/h5-8,20H,2-4,9-13H2,1H3,(H,21,25). The summed E-state index contributed by atoms with van der Waals surface area (Å²) >= 11 is 0. The second kappa shape index (κ2) is 8.46. The van der Waals surface area contributed by atoms with Crippen molar-refractivity contribution in [2.24, 2.45) is 0 Å². The van der Waals surface area contributed by atoms with Gasteiger partial charge < -0.3 is 15.5 Å². The van der Waals surface area contributed by atoms with Crippen molar-refractivity contribution in [2.75, 3.05) is 32.0 Å². The van der Waals surface area contributed by atoms with E-state index >= 15 is 0 Å². The lowest BCUT2D eigenvalue weighted by Crippen LogP contribution is -2.49. The molecule has 2 aliphatic rings. The van der Waals surface area contributed by atoms with Gasteiger partial charge in [0.2, 0.25) is 5.91 Å². The van der Waals surface area contributed by atoms with Gasteiger partial charge in [0.1, 0.15) is 12.1 Å². The Morgan fingerprint density at radius 2 is 1.79 bits per heavy atom. The number of hydrogen-bond acceptors (Lipinski definition) is 6. The molecule has 156 valence electrons. The molecule has 1 heterocycles. The summed E-state index contributed by atoms with van der Waals surface area (Å²) < 4.78 is 0. The first-order chi connectivity index (χ1) is 13.8. The summed E-state index contributed by atoms with van der Waals surface area (Å²) in [7, 11) is 1.64. The van der Waals surface area contributed by atoms with Crippen molar-refractivity contribution >= 4 is 29.2 Å². The monoisotopic (exact) mass is 403 g/mol. The molecular formula is C19H25N5O5. The Kier molecular flexibility index (Phi) is 6.00. The van der Waals surface area contributed by atoms with Crippen LogP contribution in [0.15, 0.2) is 24.3 Å². The molecule has 2 N–H and O–H groups in total. The SMILES string of the molecule is CN1C(=O)N(CC(=O)NCCNc2ccc([N+](=O)[O-])cc2)C(=O)C12CCCCC2. The van der Waals surface area contributed by atoms with E-state index in [0.717, 1.165) is 24.2 Å². The summed E-state index contributed by atoms with van der Waals surface area (Å²) in [6, 6.07) is 5.53. The topological polar surface area (TPSA) is 125 Å². The highest BCUT2D eigenvalue weighted by Crippen LogP contribution is 2.39. The molecule has 1 aliphatic carbocycles. The molecular weight excluding hydrogens is 378 g/mol. The van der Waals surface area contributed by atoms with Crippen LogP contribution < -0.4 is 10.6 Å². The molecule has 1 aromatic carbocycles. The Morgan fingerprint density at radius 3 is 2.41 bits per heavy atom. The second-order valence-corrected chi connectivity index (χ2v) is 7.41. The Hall–Kier alpha value is -3.17. The van der Waals surface area contributed by atoms with Crippen LogP contribution in [0.4, 0.5) is 16.2 Å². The smallest absolute Gasteiger partial charge is 0.327 e. The zero-order valence-electron chi connectivity index (χ0n) is 16.3. The summed E-state index contributed by atoms with van der Waals surface area (Å²) in [6.07, 6.45) is 4.14. The number of rotatable bonds is 7. The van der Waals surface area contributed by atoms with Gasteiger partial charge in [-0.1, -0.05) is 19.3 Å². The van der Waals surface area contributed by atoms with E-state index < -0.39 is 22.4 Å². The van der Waals surface area contributed by atoms with Gasteiger partial charge in [-0.3, -0.25) is 24.6 Å². The third-order valence-corrected chi connectivity index (χ3v) is 5.64. The molecule has 0 bridgehead atoms. The zero-order valence-corrected chi connectivity index (χ0v) is 16.3. The average Bonchev–Trinajstić information content (AvgIpc) is 2.88. The minimum atomic E-state index is -0.785. The predicted molar refractivity (Wildman–Crippen MR) is 105 cm³/mol. The minimum absolute atomic E-state index is 0.00417. The molecule has 0 atom stereocenters. The minimum Gasteiger partial charge on any atom is -0.383 e. The molecule has 29 heavy (non-hydrogen) atoms. The molecule has 1 spiro atoms. The van der Waals surface area contributed by atoms with E-state index in [0.29, 0.717) is 25.1 Å². The quantitative estimate of drug-likeness (QED) is 0.309. The van der Waals surface area contributed by atoms with E-state index in [9.17, 15) is 24.5 Å². The lowest BCUT2D eigenvalue weighted by atomic mass is 9.81. The van der Waals surface area contributed by atoms with E-state index in [4.69, 9.17) is 0 Å². The molecule has 1 saturated heterocycles. The van der Waals surface area contributed by atoms with Crippen LogP contribution >= 0.6 is 0 Å². The highest BCUT2D eigenvalue weighted by molar-refractivity contribution is 6.08. The van der Waals surface area contributed by atoms with Gasteiger partial charge >= 0.3 is 6.03 Å². The number of likely N-dealkylation sites (N-methyl/N-ethyl adjacent to an activating group) is 1. The number of urea groups is 1. The number of amides is 4. The van der Waals surface area contributed by atoms with Crippen molar-refractivity contribution in [3.05, 3.63) is 34.4 Å². The molecule has 10 heteroatoms. The highest BCUT2D eigenvalue weighted by Gasteiger charge is 2.55. The van der Waals surface area contributed by atoms with Gasteiger partial charge in [-0.2, -0.15) is 0 Å². The van der Waals surface area contributed by atoms with Crippen LogP contribution in [0.5, 0.6) is 0 Å². The van der Waals surface area contributed by atoms with Crippen molar-refractivity contribution in [2.45, 2.75) is 37.6 Å². The first-order valence-electron chi connectivity index (χ1n) is 9.70. The number of nitrogens with one attached hydrogen (secondary N) is 2. The van der Waals surface area contributed by atoms with Gasteiger partial charge in [-0.25, -0.2) is 4.79 Å². The van der Waals surface area contributed by atoms with E-state index in [1.165, 1.54) is 17.0 Å². The van der Waals surface area contributed by atoms with Crippen LogP contribution in [0, 0.1) is 10.1 Å². The third kappa shape index (κ3) is 4.15. The maximum atomic E-state index is 12.9. The average molecular weight is 403 g/mol. The fraction of sp³-hybridized carbons (Fsp3) is 0.526. The number of nitrogens with zero attached hydrogens (tertiary/aromatic N) is 3. The molecule has 1 aromatic rings. The summed E-state index contributed by atoms with van der Waals surface area (Å²) in [4.78, 5) is 50.3. The van der Waals surface area contributed by atoms with E-state index in [2.05, 4.69) is 10.6 Å². The van der Waals surface area contributed by atoms with Gasteiger partial charge in [0.05, 0.1) is 4.92 Å². The van der Waals surface area contributed by atoms with E-state index in [1.54, 1.807) is 19.2 Å². The van der Waals surface area contributed by atoms with Gasteiger partial charge in [0.25, 0.3) is 11.6 Å². The Balaban J connectivity index is 1.46. The first kappa shape index (κ1) is 20.6. The molecule has 0 radical (unpaired) electrons. The molecule has 4 amide bonds. The molecule has 2 fully saturated rings. The van der Waals surface area contributed by atoms with Crippen LogP contribution in [-0.4, -0.2) is 64.8 Å². The number of imide groups is 1. The molecule has 0 unspecified atom stereocenters. The van der Waals surface area contributed by atoms with Crippen LogP contribution in [0.25, 0.3) is 0 Å². The summed E-state index contributed by atoms with van der Waals surface area (Å²) in [5.41, 5.74) is -0.0901. The predicted octanol–water partition coefficient (Wildman–Crippen LogP) is 1.72. The zero-order chi connectivity index (χ0) is 21.0. The van der Waals surface area contributed by atoms with Crippen molar-refractivity contribution in [3.63, 3.8) is 0 Å². The molecule has 3 rings (SSSR count). The molecule has 1 aliphatic heterocycles. The van der Waals surface area contributed by atoms with Crippen LogP contribution in [0.1, 0.15) is 32.1 Å². The first-order valence-corrected chi connectivity index (χ1v) is 9.70. The molecule has 10 nitrogen and oxygen atoms in total. The number of hydrogen-bond donors (Lipinski definition) is 2. The van der Waals surface area contributed by atoms with Crippen LogP contribution in [0.2, 0.25) is 0 Å². The van der Waals surface area contributed by atoms with E-state index in [-0.39, 0.29) is 24.7 Å². The number of nitro groups is 1. The van der Waals surface area contributed by atoms with Gasteiger partial charge in [0, 0.05) is 38.0 Å². The van der Waals surface area contributed by atoms with Gasteiger partial charge in [-0.15, -0.1) is 0 Å². The van der Waals surface area contributed by atoms with Gasteiger partial charge in [-0.05, 0) is 25.0 Å². The normalized spacial score (nSPS) is 18.2. The van der Waals surface area contributed by atoms with Crippen molar-refractivity contribution in [3.8, 4) is 0 Å². The Morgan fingerprint density at radius 1 is 1.14 bits per heavy atom. The van der Waals surface area contributed by atoms with E-state index in [1.807, 2.05) is 0 Å². The summed E-state index contributed by atoms with van der Waals surface area (Å²) in [5.74, 6) is -0.678. The third-order valence-electron chi connectivity index (χ3n) is 5.64. The fourth-order valence-corrected chi connectivity index (χ4v) is 3.98. The van der Waals surface area contributed by atoms with Crippen molar-refractivity contribution in [1.82, 2.24) is 15.1 Å². The molecule has 1 saturated carbocycles. The maximum absolute atomic E-state index is 12.9. The highest BCUT2D eigenvalue weighted by atomic mass is 16.6. The van der Waals surface area contributed by atoms with Crippen LogP contribution in [-0.2, 0) is 9.59 Å². The second-order valence-electron chi connectivity index (χ2n) is 7.41. The number of anilines is 1. The van der Waals surface area contributed by atoms with Gasteiger partial charge in [0.15, 0.2) is 0 Å². The number of carbonyl (C=O) groups excluding carboxylic acids is 3. The summed E-state index contributed by atoms with van der Waals surface area (Å²) in [5, 5.41) is 16.4. The summed E-state index contributed by atoms with van der Waals surface area (Å²) in [6.45, 7) is 0.392. The van der Waals surface area contributed by atoms with Crippen molar-refractivity contribution in [1.29, 1.82) is 0 Å². The molecule has 0 aromatic heterocycles. The fourth-order valence-electron chi connectivity index (χ4n) is 3.98.